The number of piperazine rings is 1. The molecule has 0 unspecified atom stereocenters. The van der Waals surface area contributed by atoms with E-state index in [9.17, 15) is 0 Å². The molecule has 0 atom stereocenters. The lowest BCUT2D eigenvalue weighted by molar-refractivity contribution is 0.108. The molecule has 0 bridgehead atoms. The molecule has 1 aliphatic heterocycles. The van der Waals surface area contributed by atoms with Gasteiger partial charge in [-0.1, -0.05) is 20.3 Å². The average molecular weight is 202 g/mol. The Labute approximate surface area is 89.0 Å². The smallest absolute Gasteiger partial charge is 0.0589 e. The highest BCUT2D eigenvalue weighted by Gasteiger charge is 2.12. The summed E-state index contributed by atoms with van der Waals surface area (Å²) in [5.74, 6) is 0. The van der Waals surface area contributed by atoms with Gasteiger partial charge in [-0.15, -0.1) is 0 Å². The number of methoxy groups -OCH3 is 1. The van der Waals surface area contributed by atoms with Crippen molar-refractivity contribution in [3.05, 3.63) is 0 Å². The Balaban J connectivity index is 0.000000500. The van der Waals surface area contributed by atoms with Crippen LogP contribution in [0.5, 0.6) is 0 Å². The predicted octanol–water partition coefficient (Wildman–Crippen LogP) is 1.30. The molecule has 0 aromatic heterocycles. The molecular formula is C11H26N2O. The predicted molar refractivity (Wildman–Crippen MR) is 61.8 cm³/mol. The summed E-state index contributed by atoms with van der Waals surface area (Å²) in [7, 11) is 3.93. The summed E-state index contributed by atoms with van der Waals surface area (Å²) in [6.45, 7) is 11.0. The Morgan fingerprint density at radius 2 is 1.57 bits per heavy atom. The van der Waals surface area contributed by atoms with E-state index in [0.29, 0.717) is 0 Å². The van der Waals surface area contributed by atoms with Crippen molar-refractivity contribution >= 4 is 0 Å². The van der Waals surface area contributed by atoms with Crippen LogP contribution in [0, 0.1) is 0 Å². The summed E-state index contributed by atoms with van der Waals surface area (Å²) in [4.78, 5) is 4.81. The zero-order chi connectivity index (χ0) is 10.8. The molecular weight excluding hydrogens is 176 g/mol. The number of hydrogen-bond acceptors (Lipinski definition) is 3. The van der Waals surface area contributed by atoms with E-state index in [4.69, 9.17) is 4.74 Å². The van der Waals surface area contributed by atoms with E-state index in [1.807, 2.05) is 0 Å². The lowest BCUT2D eigenvalue weighted by Crippen LogP contribution is -2.45. The summed E-state index contributed by atoms with van der Waals surface area (Å²) >= 11 is 0. The van der Waals surface area contributed by atoms with Crippen LogP contribution < -0.4 is 0 Å². The molecule has 0 aliphatic carbocycles. The molecule has 14 heavy (non-hydrogen) atoms. The van der Waals surface area contributed by atoms with Gasteiger partial charge in [0.2, 0.25) is 0 Å². The summed E-state index contributed by atoms with van der Waals surface area (Å²) in [6, 6.07) is 0. The van der Waals surface area contributed by atoms with Gasteiger partial charge >= 0.3 is 0 Å². The molecule has 0 saturated carbocycles. The second kappa shape index (κ2) is 9.44. The number of hydrogen-bond donors (Lipinski definition) is 0. The highest BCUT2D eigenvalue weighted by molar-refractivity contribution is 4.68. The molecule has 1 saturated heterocycles. The van der Waals surface area contributed by atoms with Gasteiger partial charge in [-0.05, 0) is 7.05 Å². The van der Waals surface area contributed by atoms with Crippen LogP contribution in [0.4, 0.5) is 0 Å². The lowest BCUT2D eigenvalue weighted by atomic mass is 10.3. The quantitative estimate of drug-likeness (QED) is 0.686. The Bertz CT molecular complexity index is 109. The molecule has 0 N–H and O–H groups in total. The minimum atomic E-state index is 0.865. The van der Waals surface area contributed by atoms with Gasteiger partial charge in [0.05, 0.1) is 6.61 Å². The molecule has 1 heterocycles. The maximum absolute atomic E-state index is 5.02. The van der Waals surface area contributed by atoms with Crippen molar-refractivity contribution < 1.29 is 4.74 Å². The van der Waals surface area contributed by atoms with Crippen molar-refractivity contribution in [2.75, 3.05) is 53.5 Å². The number of nitrogens with zero attached hydrogens (tertiary/aromatic N) is 2. The summed E-state index contributed by atoms with van der Waals surface area (Å²) in [6.07, 6.45) is 1.25. The zero-order valence-corrected chi connectivity index (χ0v) is 10.3. The average Bonchev–Trinajstić information content (AvgIpc) is 2.18. The monoisotopic (exact) mass is 202 g/mol. The molecule has 1 rings (SSSR count). The third-order valence-electron chi connectivity index (χ3n) is 2.21. The van der Waals surface area contributed by atoms with Gasteiger partial charge in [0, 0.05) is 39.8 Å². The lowest BCUT2D eigenvalue weighted by Gasteiger charge is -2.31. The van der Waals surface area contributed by atoms with Crippen LogP contribution >= 0.6 is 0 Å². The standard InChI is InChI=1S/C8H18N2O.C3H8/c1-9-3-5-10(6-4-9)7-8-11-2;1-3-2/h3-8H2,1-2H3;3H2,1-2H3. The van der Waals surface area contributed by atoms with Crippen molar-refractivity contribution in [2.24, 2.45) is 0 Å². The number of rotatable bonds is 3. The van der Waals surface area contributed by atoms with E-state index in [2.05, 4.69) is 30.7 Å². The van der Waals surface area contributed by atoms with Gasteiger partial charge in [-0.25, -0.2) is 0 Å². The highest BCUT2D eigenvalue weighted by Crippen LogP contribution is 1.97. The van der Waals surface area contributed by atoms with Gasteiger partial charge < -0.3 is 9.64 Å². The summed E-state index contributed by atoms with van der Waals surface area (Å²) in [5.41, 5.74) is 0. The third kappa shape index (κ3) is 7.30. The highest BCUT2D eigenvalue weighted by atomic mass is 16.5. The minimum absolute atomic E-state index is 0.865. The second-order valence-electron chi connectivity index (χ2n) is 3.84. The largest absolute Gasteiger partial charge is 0.383 e. The van der Waals surface area contributed by atoms with Gasteiger partial charge in [0.15, 0.2) is 0 Å². The van der Waals surface area contributed by atoms with E-state index in [1.54, 1.807) is 7.11 Å². The normalized spacial score (nSPS) is 18.9. The molecule has 0 aromatic carbocycles. The first-order valence-corrected chi connectivity index (χ1v) is 5.64. The second-order valence-corrected chi connectivity index (χ2v) is 3.84. The van der Waals surface area contributed by atoms with Crippen LogP contribution in [0.2, 0.25) is 0 Å². The molecule has 1 aliphatic rings. The maximum atomic E-state index is 5.02. The topological polar surface area (TPSA) is 15.7 Å². The van der Waals surface area contributed by atoms with Crippen LogP contribution in [-0.2, 0) is 4.74 Å². The van der Waals surface area contributed by atoms with Gasteiger partial charge in [0.1, 0.15) is 0 Å². The first-order valence-electron chi connectivity index (χ1n) is 5.64. The molecule has 0 radical (unpaired) electrons. The van der Waals surface area contributed by atoms with E-state index >= 15 is 0 Å². The van der Waals surface area contributed by atoms with Gasteiger partial charge in [-0.3, -0.25) is 4.90 Å². The van der Waals surface area contributed by atoms with Gasteiger partial charge in [-0.2, -0.15) is 0 Å². The van der Waals surface area contributed by atoms with Crippen molar-refractivity contribution in [2.45, 2.75) is 20.3 Å². The Kier molecular flexibility index (Phi) is 9.35. The van der Waals surface area contributed by atoms with Crippen LogP contribution in [0.15, 0.2) is 0 Å². The molecule has 86 valence electrons. The maximum Gasteiger partial charge on any atom is 0.0589 e. The summed E-state index contributed by atoms with van der Waals surface area (Å²) in [5, 5.41) is 0. The summed E-state index contributed by atoms with van der Waals surface area (Å²) < 4.78 is 5.02. The van der Waals surface area contributed by atoms with Crippen molar-refractivity contribution in [3.63, 3.8) is 0 Å². The third-order valence-corrected chi connectivity index (χ3v) is 2.21. The van der Waals surface area contributed by atoms with Crippen molar-refractivity contribution in [1.29, 1.82) is 0 Å². The van der Waals surface area contributed by atoms with E-state index in [-0.39, 0.29) is 0 Å². The van der Waals surface area contributed by atoms with Crippen molar-refractivity contribution in [3.8, 4) is 0 Å². The number of likely N-dealkylation sites (N-methyl/N-ethyl adjacent to an activating group) is 1. The van der Waals surface area contributed by atoms with Crippen molar-refractivity contribution in [1.82, 2.24) is 9.80 Å². The molecule has 3 nitrogen and oxygen atoms in total. The molecule has 0 aromatic rings. The molecule has 0 spiro atoms. The molecule has 0 amide bonds. The minimum Gasteiger partial charge on any atom is -0.383 e. The van der Waals surface area contributed by atoms with Crippen LogP contribution in [-0.4, -0.2) is 63.3 Å². The van der Waals surface area contributed by atoms with Crippen LogP contribution in [0.25, 0.3) is 0 Å². The van der Waals surface area contributed by atoms with E-state index in [1.165, 1.54) is 32.6 Å². The zero-order valence-electron chi connectivity index (χ0n) is 10.3. The van der Waals surface area contributed by atoms with E-state index in [0.717, 1.165) is 13.2 Å². The van der Waals surface area contributed by atoms with Crippen LogP contribution in [0.3, 0.4) is 0 Å². The fraction of sp³-hybridized carbons (Fsp3) is 1.00. The van der Waals surface area contributed by atoms with E-state index < -0.39 is 0 Å². The first-order chi connectivity index (χ1) is 6.74. The van der Waals surface area contributed by atoms with Gasteiger partial charge in [0.25, 0.3) is 0 Å². The number of ether oxygens (including phenoxy) is 1. The molecule has 1 fully saturated rings. The Morgan fingerprint density at radius 1 is 1.07 bits per heavy atom. The Hall–Kier alpha value is -0.120. The Morgan fingerprint density at radius 3 is 2.00 bits per heavy atom. The first kappa shape index (κ1) is 13.9. The SMILES string of the molecule is CCC.COCCN1CCN(C)CC1. The van der Waals surface area contributed by atoms with Crippen LogP contribution in [0.1, 0.15) is 20.3 Å². The molecule has 3 heteroatoms. The fourth-order valence-corrected chi connectivity index (χ4v) is 1.29. The fourth-order valence-electron chi connectivity index (χ4n) is 1.29.